The van der Waals surface area contributed by atoms with Crippen molar-refractivity contribution in [3.63, 3.8) is 0 Å². The maximum Gasteiger partial charge on any atom is 0.328 e. The summed E-state index contributed by atoms with van der Waals surface area (Å²) in [6.45, 7) is 12.2. The van der Waals surface area contributed by atoms with Crippen LogP contribution in [-0.4, -0.2) is 25.6 Å². The number of nitrogens with zero attached hydrogens (tertiary/aromatic N) is 1. The molecule has 33 heavy (non-hydrogen) atoms. The first kappa shape index (κ1) is 23.7. The summed E-state index contributed by atoms with van der Waals surface area (Å²) in [5, 5.41) is 14.2. The van der Waals surface area contributed by atoms with E-state index in [1.54, 1.807) is 12.1 Å². The molecule has 0 saturated carbocycles. The summed E-state index contributed by atoms with van der Waals surface area (Å²) in [7, 11) is 1.04. The highest BCUT2D eigenvalue weighted by molar-refractivity contribution is 6.49. The number of rotatable bonds is 5. The zero-order valence-corrected chi connectivity index (χ0v) is 20.7. The topological polar surface area (TPSA) is 65.7 Å². The van der Waals surface area contributed by atoms with E-state index in [1.165, 1.54) is 0 Å². The van der Waals surface area contributed by atoms with Crippen molar-refractivity contribution in [1.82, 2.24) is 0 Å². The molecule has 0 bridgehead atoms. The Kier molecular flexibility index (Phi) is 6.52. The van der Waals surface area contributed by atoms with Crippen LogP contribution in [0.25, 0.3) is 11.0 Å². The summed E-state index contributed by atoms with van der Waals surface area (Å²) in [5.41, 5.74) is 4.84. The normalized spacial score (nSPS) is 16.6. The van der Waals surface area contributed by atoms with Gasteiger partial charge in [-0.2, -0.15) is 0 Å². The lowest BCUT2D eigenvalue weighted by Crippen LogP contribution is -2.38. The van der Waals surface area contributed by atoms with Gasteiger partial charge in [-0.05, 0) is 74.3 Å². The predicted molar refractivity (Wildman–Crippen MR) is 138 cm³/mol. The molecule has 173 valence electrons. The van der Waals surface area contributed by atoms with Crippen molar-refractivity contribution >= 4 is 47.1 Å². The average molecular weight is 466 g/mol. The predicted octanol–water partition coefficient (Wildman–Crippen LogP) is 5.10. The Morgan fingerprint density at radius 2 is 1.88 bits per heavy atom. The van der Waals surface area contributed by atoms with E-state index in [1.807, 2.05) is 32.9 Å². The fourth-order valence-corrected chi connectivity index (χ4v) is 4.76. The molecule has 1 atom stereocenters. The van der Waals surface area contributed by atoms with E-state index in [2.05, 4.69) is 30.1 Å². The van der Waals surface area contributed by atoms with Gasteiger partial charge in [0.05, 0.1) is 17.0 Å². The number of hydrogen-bond acceptors (Lipinski definition) is 5. The number of halogens is 1. The molecule has 2 aromatic carbocycles. The van der Waals surface area contributed by atoms with Crippen LogP contribution in [0.3, 0.4) is 0 Å². The number of aryl methyl sites for hydroxylation is 1. The number of benzene rings is 2. The minimum atomic E-state index is -0.175. The van der Waals surface area contributed by atoms with Gasteiger partial charge in [0, 0.05) is 29.4 Å². The van der Waals surface area contributed by atoms with Crippen LogP contribution >= 0.6 is 11.6 Å². The van der Waals surface area contributed by atoms with E-state index in [4.69, 9.17) is 16.0 Å². The van der Waals surface area contributed by atoms with E-state index in [9.17, 15) is 9.82 Å². The second kappa shape index (κ2) is 9.07. The first-order chi connectivity index (χ1) is 15.6. The molecule has 1 radical (unpaired) electrons. The molecule has 1 aliphatic heterocycles. The van der Waals surface area contributed by atoms with E-state index in [0.717, 1.165) is 50.2 Å². The Morgan fingerprint density at radius 1 is 1.18 bits per heavy atom. The third-order valence-corrected chi connectivity index (χ3v) is 7.00. The Hall–Kier alpha value is -2.44. The monoisotopic (exact) mass is 465 g/mol. The van der Waals surface area contributed by atoms with E-state index in [0.29, 0.717) is 38.3 Å². The lowest BCUT2D eigenvalue weighted by atomic mass is 9.82. The van der Waals surface area contributed by atoms with Gasteiger partial charge in [0.15, 0.2) is 5.43 Å². The molecule has 1 saturated heterocycles. The molecular formula is C26H31BClN2O3. The fourth-order valence-electron chi connectivity index (χ4n) is 4.58. The second-order valence-electron chi connectivity index (χ2n) is 9.97. The van der Waals surface area contributed by atoms with Crippen LogP contribution in [0.4, 0.5) is 11.6 Å². The van der Waals surface area contributed by atoms with Crippen LogP contribution in [0.5, 0.6) is 0 Å². The molecule has 4 rings (SSSR count). The van der Waals surface area contributed by atoms with Crippen molar-refractivity contribution in [2.75, 3.05) is 23.3 Å². The molecule has 2 heterocycles. The van der Waals surface area contributed by atoms with E-state index >= 15 is 0 Å². The Morgan fingerprint density at radius 3 is 2.55 bits per heavy atom. The first-order valence-corrected chi connectivity index (χ1v) is 11.8. The Labute approximate surface area is 201 Å². The average Bonchev–Trinajstić information content (AvgIpc) is 2.77. The van der Waals surface area contributed by atoms with Gasteiger partial charge in [-0.25, -0.2) is 0 Å². The fraction of sp³-hybridized carbons (Fsp3) is 0.423. The summed E-state index contributed by atoms with van der Waals surface area (Å²) in [5.74, 6) is 0.677. The summed E-state index contributed by atoms with van der Waals surface area (Å²) in [6, 6.07) is 9.09. The van der Waals surface area contributed by atoms with Crippen molar-refractivity contribution in [3.8, 4) is 0 Å². The van der Waals surface area contributed by atoms with Gasteiger partial charge in [0.2, 0.25) is 5.88 Å². The van der Waals surface area contributed by atoms with E-state index in [-0.39, 0.29) is 11.5 Å². The molecule has 7 heteroatoms. The van der Waals surface area contributed by atoms with E-state index < -0.39 is 0 Å². The number of anilines is 2. The maximum atomic E-state index is 13.4. The molecule has 1 aliphatic rings. The van der Waals surface area contributed by atoms with Crippen LogP contribution in [0, 0.1) is 19.3 Å². The van der Waals surface area contributed by atoms with Crippen LogP contribution in [0.15, 0.2) is 39.5 Å². The van der Waals surface area contributed by atoms with Gasteiger partial charge >= 0.3 is 7.48 Å². The van der Waals surface area contributed by atoms with Gasteiger partial charge < -0.3 is 19.7 Å². The molecule has 0 aliphatic carbocycles. The van der Waals surface area contributed by atoms with Crippen LogP contribution in [0.1, 0.15) is 56.3 Å². The van der Waals surface area contributed by atoms with Gasteiger partial charge in [-0.15, -0.1) is 0 Å². The lowest BCUT2D eigenvalue weighted by molar-refractivity contribution is 0.274. The minimum absolute atomic E-state index is 0.0177. The molecule has 1 aromatic heterocycles. The van der Waals surface area contributed by atoms with Gasteiger partial charge in [0.1, 0.15) is 5.58 Å². The largest absolute Gasteiger partial charge is 0.450 e. The quantitative estimate of drug-likeness (QED) is 0.513. The molecular weight excluding hydrogens is 435 g/mol. The summed E-state index contributed by atoms with van der Waals surface area (Å²) < 4.78 is 6.51. The molecule has 1 fully saturated rings. The lowest BCUT2D eigenvalue weighted by Gasteiger charge is -2.37. The summed E-state index contributed by atoms with van der Waals surface area (Å²) in [4.78, 5) is 15.6. The SMILES string of the molecule is Cc1cc([C@@H](C)Nc2ccc(Cl)cc2[B]O)c2oc(N3CCC(C)(C)CC3)c(C)c(=O)c2c1. The minimum Gasteiger partial charge on any atom is -0.450 e. The standard InChI is InChI=1S/C26H31BClN2O3/c1-15-12-19(17(3)29-22-7-6-18(28)14-21(22)27-32)24-20(13-15)23(31)16(2)25(33-24)30-10-8-26(4,5)9-11-30/h6-7,12-14,17,29,32H,8-11H2,1-5H3/t17-/m1/s1. The third-order valence-electron chi connectivity index (χ3n) is 6.76. The van der Waals surface area contributed by atoms with Crippen molar-refractivity contribution in [3.05, 3.63) is 62.3 Å². The number of fused-ring (bicyclic) bond motifs is 1. The first-order valence-electron chi connectivity index (χ1n) is 11.5. The zero-order chi connectivity index (χ0) is 23.9. The van der Waals surface area contributed by atoms with Crippen molar-refractivity contribution in [1.29, 1.82) is 0 Å². The highest BCUT2D eigenvalue weighted by Crippen LogP contribution is 2.35. The second-order valence-corrected chi connectivity index (χ2v) is 10.4. The maximum absolute atomic E-state index is 13.4. The molecule has 0 spiro atoms. The molecule has 2 N–H and O–H groups in total. The van der Waals surface area contributed by atoms with Gasteiger partial charge in [-0.3, -0.25) is 4.79 Å². The summed E-state index contributed by atoms with van der Waals surface area (Å²) in [6.07, 6.45) is 2.12. The van der Waals surface area contributed by atoms with Crippen molar-refractivity contribution in [2.45, 2.75) is 53.5 Å². The highest BCUT2D eigenvalue weighted by atomic mass is 35.5. The smallest absolute Gasteiger partial charge is 0.328 e. The van der Waals surface area contributed by atoms with Crippen LogP contribution in [-0.2, 0) is 0 Å². The van der Waals surface area contributed by atoms with Crippen LogP contribution in [0.2, 0.25) is 5.02 Å². The van der Waals surface area contributed by atoms with Crippen LogP contribution < -0.4 is 21.1 Å². The number of piperidine rings is 1. The van der Waals surface area contributed by atoms with Gasteiger partial charge in [0.25, 0.3) is 0 Å². The highest BCUT2D eigenvalue weighted by Gasteiger charge is 2.28. The van der Waals surface area contributed by atoms with Crippen molar-refractivity contribution < 1.29 is 9.44 Å². The molecule has 0 unspecified atom stereocenters. The Bertz CT molecular complexity index is 1240. The zero-order valence-electron chi connectivity index (χ0n) is 20.0. The molecule has 3 aromatic rings. The number of nitrogens with one attached hydrogen (secondary N) is 1. The summed E-state index contributed by atoms with van der Waals surface area (Å²) >= 11 is 6.08. The molecule has 0 amide bonds. The molecule has 5 nitrogen and oxygen atoms in total. The van der Waals surface area contributed by atoms with Crippen molar-refractivity contribution in [2.24, 2.45) is 5.41 Å². The third kappa shape index (κ3) is 4.78. The number of hydrogen-bond donors (Lipinski definition) is 2. The Balaban J connectivity index is 1.78. The van der Waals surface area contributed by atoms with Gasteiger partial charge in [-0.1, -0.05) is 31.5 Å².